The van der Waals surface area contributed by atoms with E-state index in [4.69, 9.17) is 5.73 Å². The molecule has 1 aliphatic heterocycles. The Morgan fingerprint density at radius 1 is 1.20 bits per heavy atom. The number of benzene rings is 1. The lowest BCUT2D eigenvalue weighted by Crippen LogP contribution is -2.20. The summed E-state index contributed by atoms with van der Waals surface area (Å²) in [5.74, 6) is 0.784. The number of nitrogens with zero attached hydrogens (tertiary/aromatic N) is 3. The first-order chi connectivity index (χ1) is 9.74. The van der Waals surface area contributed by atoms with E-state index in [-0.39, 0.29) is 0 Å². The van der Waals surface area contributed by atoms with Crippen LogP contribution in [0.4, 0.5) is 11.6 Å². The van der Waals surface area contributed by atoms with E-state index in [1.807, 2.05) is 24.3 Å². The average molecular weight is 351 g/mol. The van der Waals surface area contributed by atoms with Crippen LogP contribution in [0.1, 0.15) is 12.8 Å². The van der Waals surface area contributed by atoms with Gasteiger partial charge in [0.25, 0.3) is 0 Å². The van der Waals surface area contributed by atoms with Crippen LogP contribution in [-0.2, 0) is 0 Å². The minimum atomic E-state index is 0.619. The van der Waals surface area contributed by atoms with Crippen molar-refractivity contribution in [3.63, 3.8) is 0 Å². The molecule has 1 aromatic carbocycles. The third-order valence-electron chi connectivity index (χ3n) is 3.20. The number of halogens is 1. The molecule has 104 valence electrons. The second kappa shape index (κ2) is 6.01. The van der Waals surface area contributed by atoms with Crippen molar-refractivity contribution in [3.05, 3.63) is 34.9 Å². The molecule has 0 aliphatic carbocycles. The minimum absolute atomic E-state index is 0.619. The Bertz CT molecular complexity index is 614. The van der Waals surface area contributed by atoms with E-state index in [0.717, 1.165) is 33.4 Å². The highest BCUT2D eigenvalue weighted by Crippen LogP contribution is 2.35. The van der Waals surface area contributed by atoms with E-state index >= 15 is 0 Å². The van der Waals surface area contributed by atoms with Gasteiger partial charge < -0.3 is 10.6 Å². The standard InChI is InChI=1S/C14H15BrN4S/c15-10-5-1-2-6-12(10)20-13-11(16)9-17-14(18-13)19-7-3-4-8-19/h1-2,5-6,9H,3-4,7-8,16H2. The first-order valence-electron chi connectivity index (χ1n) is 6.54. The predicted octanol–water partition coefficient (Wildman–Crippen LogP) is 3.57. The number of nitrogens with two attached hydrogens (primary N) is 1. The number of nitrogen functional groups attached to an aromatic ring is 1. The maximum atomic E-state index is 6.01. The van der Waals surface area contributed by atoms with E-state index < -0.39 is 0 Å². The number of aromatic nitrogens is 2. The normalized spacial score (nSPS) is 14.8. The van der Waals surface area contributed by atoms with Crippen LogP contribution in [0, 0.1) is 0 Å². The van der Waals surface area contributed by atoms with E-state index in [1.165, 1.54) is 12.8 Å². The Morgan fingerprint density at radius 3 is 2.70 bits per heavy atom. The second-order valence-corrected chi connectivity index (χ2v) is 6.54. The van der Waals surface area contributed by atoms with Crippen LogP contribution in [0.2, 0.25) is 0 Å². The highest BCUT2D eigenvalue weighted by atomic mass is 79.9. The SMILES string of the molecule is Nc1cnc(N2CCCC2)nc1Sc1ccccc1Br. The fourth-order valence-electron chi connectivity index (χ4n) is 2.15. The molecule has 0 spiro atoms. The van der Waals surface area contributed by atoms with E-state index in [9.17, 15) is 0 Å². The quantitative estimate of drug-likeness (QED) is 0.857. The molecule has 1 aromatic heterocycles. The predicted molar refractivity (Wildman–Crippen MR) is 86.2 cm³/mol. The van der Waals surface area contributed by atoms with Gasteiger partial charge in [0, 0.05) is 22.5 Å². The molecular weight excluding hydrogens is 336 g/mol. The van der Waals surface area contributed by atoms with Gasteiger partial charge in [-0.1, -0.05) is 23.9 Å². The summed E-state index contributed by atoms with van der Waals surface area (Å²) in [5.41, 5.74) is 6.63. The summed E-state index contributed by atoms with van der Waals surface area (Å²) < 4.78 is 1.05. The van der Waals surface area contributed by atoms with Crippen molar-refractivity contribution in [3.8, 4) is 0 Å². The van der Waals surface area contributed by atoms with Crippen molar-refractivity contribution < 1.29 is 0 Å². The van der Waals surface area contributed by atoms with Crippen molar-refractivity contribution in [2.24, 2.45) is 0 Å². The first-order valence-corrected chi connectivity index (χ1v) is 8.15. The fourth-order valence-corrected chi connectivity index (χ4v) is 3.50. The van der Waals surface area contributed by atoms with Crippen LogP contribution in [0.5, 0.6) is 0 Å². The summed E-state index contributed by atoms with van der Waals surface area (Å²) in [4.78, 5) is 12.3. The maximum absolute atomic E-state index is 6.01. The van der Waals surface area contributed by atoms with E-state index in [0.29, 0.717) is 5.69 Å². The highest BCUT2D eigenvalue weighted by Gasteiger charge is 2.17. The Morgan fingerprint density at radius 2 is 1.95 bits per heavy atom. The summed E-state index contributed by atoms with van der Waals surface area (Å²) in [7, 11) is 0. The smallest absolute Gasteiger partial charge is 0.226 e. The van der Waals surface area contributed by atoms with Crippen molar-refractivity contribution in [1.82, 2.24) is 9.97 Å². The molecule has 4 nitrogen and oxygen atoms in total. The minimum Gasteiger partial charge on any atom is -0.395 e. The molecule has 0 unspecified atom stereocenters. The lowest BCUT2D eigenvalue weighted by Gasteiger charge is -2.16. The molecule has 0 radical (unpaired) electrons. The molecule has 0 amide bonds. The van der Waals surface area contributed by atoms with Crippen molar-refractivity contribution >= 4 is 39.3 Å². The maximum Gasteiger partial charge on any atom is 0.226 e. The van der Waals surface area contributed by atoms with Gasteiger partial charge >= 0.3 is 0 Å². The molecule has 6 heteroatoms. The molecule has 2 N–H and O–H groups in total. The second-order valence-electron chi connectivity index (χ2n) is 4.66. The zero-order chi connectivity index (χ0) is 13.9. The van der Waals surface area contributed by atoms with Crippen LogP contribution in [0.3, 0.4) is 0 Å². The number of hydrogen-bond donors (Lipinski definition) is 1. The third-order valence-corrected chi connectivity index (χ3v) is 5.25. The van der Waals surface area contributed by atoms with Gasteiger partial charge in [0.05, 0.1) is 11.9 Å². The molecule has 0 atom stereocenters. The van der Waals surface area contributed by atoms with E-state index in [2.05, 4.69) is 30.8 Å². The van der Waals surface area contributed by atoms with Gasteiger partial charge in [-0.05, 0) is 40.9 Å². The average Bonchev–Trinajstić information content (AvgIpc) is 2.98. The summed E-state index contributed by atoms with van der Waals surface area (Å²) in [5, 5.41) is 0.814. The summed E-state index contributed by atoms with van der Waals surface area (Å²) >= 11 is 5.11. The number of hydrogen-bond acceptors (Lipinski definition) is 5. The lowest BCUT2D eigenvalue weighted by molar-refractivity contribution is 0.876. The largest absolute Gasteiger partial charge is 0.395 e. The Hall–Kier alpha value is -1.27. The first kappa shape index (κ1) is 13.7. The van der Waals surface area contributed by atoms with Crippen LogP contribution >= 0.6 is 27.7 Å². The monoisotopic (exact) mass is 350 g/mol. The Kier molecular flexibility index (Phi) is 4.12. The third kappa shape index (κ3) is 2.91. The number of anilines is 2. The van der Waals surface area contributed by atoms with Crippen LogP contribution < -0.4 is 10.6 Å². The zero-order valence-corrected chi connectivity index (χ0v) is 13.3. The molecule has 3 rings (SSSR count). The highest BCUT2D eigenvalue weighted by molar-refractivity contribution is 9.10. The van der Waals surface area contributed by atoms with Gasteiger partial charge in [-0.15, -0.1) is 0 Å². The molecule has 1 fully saturated rings. The van der Waals surface area contributed by atoms with Crippen molar-refractivity contribution in [2.45, 2.75) is 22.8 Å². The summed E-state index contributed by atoms with van der Waals surface area (Å²) in [6, 6.07) is 8.06. The molecule has 20 heavy (non-hydrogen) atoms. The van der Waals surface area contributed by atoms with Gasteiger partial charge in [0.2, 0.25) is 5.95 Å². The molecule has 2 heterocycles. The van der Waals surface area contributed by atoms with Gasteiger partial charge in [-0.25, -0.2) is 9.97 Å². The van der Waals surface area contributed by atoms with Crippen LogP contribution in [0.15, 0.2) is 44.9 Å². The van der Waals surface area contributed by atoms with E-state index in [1.54, 1.807) is 18.0 Å². The van der Waals surface area contributed by atoms with Crippen molar-refractivity contribution in [1.29, 1.82) is 0 Å². The van der Waals surface area contributed by atoms with Crippen molar-refractivity contribution in [2.75, 3.05) is 23.7 Å². The zero-order valence-electron chi connectivity index (χ0n) is 10.9. The topological polar surface area (TPSA) is 55.0 Å². The lowest BCUT2D eigenvalue weighted by atomic mass is 10.4. The van der Waals surface area contributed by atoms with Crippen LogP contribution in [0.25, 0.3) is 0 Å². The van der Waals surface area contributed by atoms with Crippen LogP contribution in [-0.4, -0.2) is 23.1 Å². The van der Waals surface area contributed by atoms with Gasteiger partial charge in [0.15, 0.2) is 0 Å². The fraction of sp³-hybridized carbons (Fsp3) is 0.286. The summed E-state index contributed by atoms with van der Waals surface area (Å²) in [6.07, 6.45) is 4.13. The Labute approximate surface area is 130 Å². The molecule has 1 aliphatic rings. The molecule has 0 bridgehead atoms. The summed E-state index contributed by atoms with van der Waals surface area (Å²) in [6.45, 7) is 2.06. The van der Waals surface area contributed by atoms with Gasteiger partial charge in [0.1, 0.15) is 5.03 Å². The van der Waals surface area contributed by atoms with Gasteiger partial charge in [-0.3, -0.25) is 0 Å². The van der Waals surface area contributed by atoms with Gasteiger partial charge in [-0.2, -0.15) is 0 Å². The molecule has 2 aromatic rings. The molecular formula is C14H15BrN4S. The molecule has 1 saturated heterocycles. The molecule has 0 saturated carbocycles. The number of rotatable bonds is 3. The Balaban J connectivity index is 1.88.